The van der Waals surface area contributed by atoms with E-state index in [9.17, 15) is 4.79 Å². The maximum Gasteiger partial charge on any atom is 0.303 e. The van der Waals surface area contributed by atoms with Crippen molar-refractivity contribution in [3.63, 3.8) is 0 Å². The highest BCUT2D eigenvalue weighted by atomic mass is 16.4. The number of hydrogen-bond donors (Lipinski definition) is 3. The van der Waals surface area contributed by atoms with E-state index >= 15 is 0 Å². The maximum atomic E-state index is 10.4. The quantitative estimate of drug-likeness (QED) is 0.658. The lowest BCUT2D eigenvalue weighted by Crippen LogP contribution is -2.42. The molecule has 0 unspecified atom stereocenters. The number of benzene rings is 1. The molecule has 0 bridgehead atoms. The van der Waals surface area contributed by atoms with Crippen LogP contribution in [0, 0.1) is 0 Å². The summed E-state index contributed by atoms with van der Waals surface area (Å²) in [7, 11) is 0. The molecule has 0 aromatic heterocycles. The van der Waals surface area contributed by atoms with Crippen LogP contribution in [0.4, 0.5) is 0 Å². The predicted octanol–water partition coefficient (Wildman–Crippen LogP) is 1.49. The number of carboxylic acids is 1. The van der Waals surface area contributed by atoms with Crippen LogP contribution < -0.4 is 11.0 Å². The molecule has 0 amide bonds. The lowest BCUT2D eigenvalue weighted by Gasteiger charge is -2.15. The number of nitrogens with one attached hydrogen (secondary N) is 2. The average Bonchev–Trinajstić information content (AvgIpc) is 2.92. The van der Waals surface area contributed by atoms with Gasteiger partial charge < -0.3 is 5.11 Å². The number of hydrazone groups is 1. The fraction of sp³-hybridized carbons (Fsp3) is 0.429. The van der Waals surface area contributed by atoms with Gasteiger partial charge in [-0.15, -0.1) is 10.2 Å². The van der Waals surface area contributed by atoms with E-state index in [1.165, 1.54) is 5.56 Å². The summed E-state index contributed by atoms with van der Waals surface area (Å²) in [6.45, 7) is 2.83. The molecular formula is C14H20N4O2. The molecule has 0 fully saturated rings. The molecule has 3 N–H and O–H groups in total. The van der Waals surface area contributed by atoms with E-state index in [0.717, 1.165) is 24.2 Å². The van der Waals surface area contributed by atoms with Gasteiger partial charge in [0.15, 0.2) is 5.84 Å². The second-order valence-corrected chi connectivity index (χ2v) is 4.73. The van der Waals surface area contributed by atoms with Crippen molar-refractivity contribution in [1.82, 2.24) is 16.1 Å². The van der Waals surface area contributed by atoms with Crippen molar-refractivity contribution in [1.29, 1.82) is 0 Å². The third-order valence-electron chi connectivity index (χ3n) is 3.18. The maximum absolute atomic E-state index is 10.4. The van der Waals surface area contributed by atoms with Crippen molar-refractivity contribution in [3.05, 3.63) is 35.4 Å². The smallest absolute Gasteiger partial charge is 0.303 e. The van der Waals surface area contributed by atoms with Crippen LogP contribution in [-0.2, 0) is 11.2 Å². The fourth-order valence-corrected chi connectivity index (χ4v) is 1.97. The number of nitrogens with zero attached hydrogens (tertiary/aromatic N) is 2. The molecule has 0 saturated heterocycles. The minimum absolute atomic E-state index is 0.208. The molecule has 1 heterocycles. The number of unbranched alkanes of at least 4 members (excludes halogenated alkanes) is 1. The van der Waals surface area contributed by atoms with Crippen molar-refractivity contribution in [2.24, 2.45) is 5.10 Å². The van der Waals surface area contributed by atoms with E-state index in [-0.39, 0.29) is 6.42 Å². The Morgan fingerprint density at radius 3 is 2.70 bits per heavy atom. The van der Waals surface area contributed by atoms with Gasteiger partial charge in [-0.2, -0.15) is 0 Å². The van der Waals surface area contributed by atoms with Crippen LogP contribution in [-0.4, -0.2) is 28.6 Å². The zero-order valence-electron chi connectivity index (χ0n) is 11.6. The van der Waals surface area contributed by atoms with Crippen molar-refractivity contribution >= 4 is 11.8 Å². The monoisotopic (exact) mass is 276 g/mol. The molecule has 0 spiro atoms. The van der Waals surface area contributed by atoms with Crippen LogP contribution >= 0.6 is 0 Å². The van der Waals surface area contributed by atoms with Gasteiger partial charge in [-0.05, 0) is 24.8 Å². The number of aliphatic carboxylic acids is 1. The number of hydrazine groups is 2. The van der Waals surface area contributed by atoms with Gasteiger partial charge in [0, 0.05) is 18.5 Å². The molecule has 20 heavy (non-hydrogen) atoms. The molecule has 108 valence electrons. The number of carbonyl (C=O) groups is 1. The largest absolute Gasteiger partial charge is 0.481 e. The van der Waals surface area contributed by atoms with Gasteiger partial charge in [-0.1, -0.05) is 31.2 Å². The van der Waals surface area contributed by atoms with Gasteiger partial charge in [-0.25, -0.2) is 5.53 Å². The summed E-state index contributed by atoms with van der Waals surface area (Å²) < 4.78 is 0. The average molecular weight is 276 g/mol. The Kier molecular flexibility index (Phi) is 4.95. The summed E-state index contributed by atoms with van der Waals surface area (Å²) in [6, 6.07) is 8.27. The fourth-order valence-electron chi connectivity index (χ4n) is 1.97. The van der Waals surface area contributed by atoms with Crippen LogP contribution in [0.5, 0.6) is 0 Å². The molecule has 0 saturated carbocycles. The molecule has 1 aromatic rings. The Hall–Kier alpha value is -2.08. The van der Waals surface area contributed by atoms with Gasteiger partial charge in [0.25, 0.3) is 0 Å². The first-order valence-corrected chi connectivity index (χ1v) is 6.87. The summed E-state index contributed by atoms with van der Waals surface area (Å²) >= 11 is 0. The van der Waals surface area contributed by atoms with E-state index in [0.29, 0.717) is 13.0 Å². The summed E-state index contributed by atoms with van der Waals surface area (Å²) in [5.74, 6) is 0.0335. The molecule has 1 aliphatic rings. The first kappa shape index (κ1) is 14.3. The number of rotatable bonds is 7. The normalized spacial score (nSPS) is 14.6. The van der Waals surface area contributed by atoms with Gasteiger partial charge in [-0.3, -0.25) is 10.2 Å². The molecule has 1 aromatic carbocycles. The van der Waals surface area contributed by atoms with E-state index in [1.807, 2.05) is 12.1 Å². The second-order valence-electron chi connectivity index (χ2n) is 4.73. The molecular weight excluding hydrogens is 256 g/mol. The molecule has 1 aliphatic heterocycles. The lowest BCUT2D eigenvalue weighted by atomic mass is 10.1. The van der Waals surface area contributed by atoms with Gasteiger partial charge in [0.1, 0.15) is 0 Å². The minimum Gasteiger partial charge on any atom is -0.481 e. The van der Waals surface area contributed by atoms with E-state index in [1.54, 1.807) is 5.12 Å². The van der Waals surface area contributed by atoms with E-state index < -0.39 is 5.97 Å². The third-order valence-corrected chi connectivity index (χ3v) is 3.18. The Morgan fingerprint density at radius 1 is 1.30 bits per heavy atom. The predicted molar refractivity (Wildman–Crippen MR) is 76.8 cm³/mol. The third kappa shape index (κ3) is 3.96. The SMILES string of the molecule is CCc1ccc(C2=NNN(CCCCC(=O)O)N2)cc1. The topological polar surface area (TPSA) is 77.0 Å². The van der Waals surface area contributed by atoms with Crippen molar-refractivity contribution in [2.45, 2.75) is 32.6 Å². The molecule has 0 atom stereocenters. The second kappa shape index (κ2) is 6.91. The molecule has 6 heteroatoms. The Balaban J connectivity index is 1.77. The first-order chi connectivity index (χ1) is 9.69. The first-order valence-electron chi connectivity index (χ1n) is 6.87. The number of carboxylic acid groups (broad SMARTS) is 1. The minimum atomic E-state index is -0.750. The highest BCUT2D eigenvalue weighted by molar-refractivity contribution is 5.98. The van der Waals surface area contributed by atoms with Crippen molar-refractivity contribution in [2.75, 3.05) is 6.54 Å². The van der Waals surface area contributed by atoms with E-state index in [2.05, 4.69) is 35.1 Å². The Labute approximate surface area is 118 Å². The van der Waals surface area contributed by atoms with Crippen LogP contribution in [0.2, 0.25) is 0 Å². The van der Waals surface area contributed by atoms with Gasteiger partial charge in [0.05, 0.1) is 0 Å². The summed E-state index contributed by atoms with van der Waals surface area (Å²) in [5.41, 5.74) is 8.37. The summed E-state index contributed by atoms with van der Waals surface area (Å²) in [4.78, 5) is 10.4. The highest BCUT2D eigenvalue weighted by Crippen LogP contribution is 2.08. The van der Waals surface area contributed by atoms with Gasteiger partial charge >= 0.3 is 5.97 Å². The zero-order chi connectivity index (χ0) is 14.4. The number of amidine groups is 1. The van der Waals surface area contributed by atoms with Crippen molar-refractivity contribution < 1.29 is 9.90 Å². The standard InChI is InChI=1S/C14H20N4O2/c1-2-11-6-8-12(9-7-11)14-15-17-18(16-14)10-4-3-5-13(19)20/h6-9,17H,2-5,10H2,1H3,(H,15,16)(H,19,20). The van der Waals surface area contributed by atoms with Gasteiger partial charge in [0.2, 0.25) is 0 Å². The molecule has 0 aliphatic carbocycles. The highest BCUT2D eigenvalue weighted by Gasteiger charge is 2.15. The molecule has 6 nitrogen and oxygen atoms in total. The zero-order valence-corrected chi connectivity index (χ0v) is 11.6. The Bertz CT molecular complexity index is 484. The number of aryl methyl sites for hydroxylation is 1. The summed E-state index contributed by atoms with van der Waals surface area (Å²) in [5, 5.41) is 14.6. The van der Waals surface area contributed by atoms with Crippen LogP contribution in [0.1, 0.15) is 37.3 Å². The molecule has 2 rings (SSSR count). The Morgan fingerprint density at radius 2 is 2.05 bits per heavy atom. The van der Waals surface area contributed by atoms with E-state index in [4.69, 9.17) is 5.11 Å². The molecule has 0 radical (unpaired) electrons. The number of hydrogen-bond acceptors (Lipinski definition) is 5. The van der Waals surface area contributed by atoms with Crippen molar-refractivity contribution in [3.8, 4) is 0 Å². The lowest BCUT2D eigenvalue weighted by molar-refractivity contribution is -0.137. The van der Waals surface area contributed by atoms with Crippen LogP contribution in [0.3, 0.4) is 0 Å². The summed E-state index contributed by atoms with van der Waals surface area (Å²) in [6.07, 6.45) is 2.69. The van der Waals surface area contributed by atoms with Crippen LogP contribution in [0.15, 0.2) is 29.4 Å². The van der Waals surface area contributed by atoms with Crippen LogP contribution in [0.25, 0.3) is 0 Å².